The maximum atomic E-state index is 8.41. The third-order valence-electron chi connectivity index (χ3n) is 21.0. The van der Waals surface area contributed by atoms with E-state index in [-0.39, 0.29) is 16.7 Å². The van der Waals surface area contributed by atoms with Crippen molar-refractivity contribution in [2.24, 2.45) is 28.2 Å². The zero-order valence-corrected chi connectivity index (χ0v) is 58.9. The summed E-state index contributed by atoms with van der Waals surface area (Å²) < 4.78 is 179. The Balaban J connectivity index is 0.000000138. The van der Waals surface area contributed by atoms with Crippen molar-refractivity contribution >= 4 is 0 Å². The fourth-order valence-electron chi connectivity index (χ4n) is 16.1. The Morgan fingerprint density at radius 3 is 0.939 bits per heavy atom. The van der Waals surface area contributed by atoms with E-state index in [0.717, 1.165) is 128 Å². The van der Waals surface area contributed by atoms with E-state index in [1.807, 2.05) is 145 Å². The molecule has 4 nitrogen and oxygen atoms in total. The maximum Gasteiger partial charge on any atom is 0.213 e. The summed E-state index contributed by atoms with van der Waals surface area (Å²) in [5.74, 6) is 0. The minimum absolute atomic E-state index is 0.104. The van der Waals surface area contributed by atoms with Crippen molar-refractivity contribution in [3.05, 3.63) is 307 Å². The number of rotatable bonds is 4. The number of aromatic nitrogens is 4. The zero-order valence-electron chi connectivity index (χ0n) is 79.9. The summed E-state index contributed by atoms with van der Waals surface area (Å²) >= 11 is 0. The summed E-state index contributed by atoms with van der Waals surface area (Å²) in [6.45, 7) is 5.60. The van der Waals surface area contributed by atoms with Gasteiger partial charge in [-0.3, -0.25) is 0 Å². The highest BCUT2D eigenvalue weighted by Gasteiger charge is 2.43. The average Bonchev–Trinajstić information content (AvgIpc) is 1.54. The fourth-order valence-corrected chi connectivity index (χ4v) is 16.1. The van der Waals surface area contributed by atoms with Crippen LogP contribution in [0.3, 0.4) is 0 Å². The van der Waals surface area contributed by atoms with E-state index in [4.69, 9.17) is 28.8 Å². The molecule has 492 valence electrons. The van der Waals surface area contributed by atoms with Crippen LogP contribution in [0, 0.1) is 69.0 Å². The van der Waals surface area contributed by atoms with Crippen LogP contribution in [0.4, 0.5) is 0 Å². The number of pyridine rings is 4. The normalized spacial score (nSPS) is 22.3. The van der Waals surface area contributed by atoms with Crippen LogP contribution in [0.2, 0.25) is 0 Å². The van der Waals surface area contributed by atoms with Crippen molar-refractivity contribution < 1.29 is 47.1 Å². The van der Waals surface area contributed by atoms with Crippen molar-refractivity contribution in [3.63, 3.8) is 0 Å². The van der Waals surface area contributed by atoms with Crippen LogP contribution in [0.15, 0.2) is 207 Å². The van der Waals surface area contributed by atoms with Crippen LogP contribution in [0.25, 0.3) is 89.5 Å². The Morgan fingerprint density at radius 1 is 0.245 bits per heavy atom. The molecule has 12 aromatic rings. The molecule has 98 heavy (non-hydrogen) atoms. The van der Waals surface area contributed by atoms with Gasteiger partial charge in [-0.25, -0.2) is 18.3 Å². The fraction of sp³-hybridized carbons (Fsp3) is 0.277. The monoisotopic (exact) mass is 1310 g/mol. The number of benzene rings is 8. The molecule has 8 aromatic carbocycles. The molecule has 0 N–H and O–H groups in total. The minimum Gasteiger partial charge on any atom is -0.201 e. The third-order valence-corrected chi connectivity index (χ3v) is 21.0. The van der Waals surface area contributed by atoms with Gasteiger partial charge in [0.25, 0.3) is 0 Å². The Morgan fingerprint density at radius 2 is 0.551 bits per heavy atom. The lowest BCUT2D eigenvalue weighted by Gasteiger charge is -2.22. The summed E-state index contributed by atoms with van der Waals surface area (Å²) in [7, 11) is 7.66. The van der Waals surface area contributed by atoms with E-state index in [0.29, 0.717) is 33.5 Å². The lowest BCUT2D eigenvalue weighted by molar-refractivity contribution is -0.660. The van der Waals surface area contributed by atoms with Gasteiger partial charge in [0.15, 0.2) is 24.8 Å². The summed E-state index contributed by atoms with van der Waals surface area (Å²) in [6, 6.07) is 57.6. The Kier molecular flexibility index (Phi) is 11.5. The molecular weight excluding hydrogens is 1190 g/mol. The van der Waals surface area contributed by atoms with Gasteiger partial charge in [-0.05, 0) is 188 Å². The first kappa shape index (κ1) is 45.8. The Labute approximate surface area is 615 Å². The molecule has 0 amide bonds. The molecule has 4 heteroatoms. The van der Waals surface area contributed by atoms with E-state index < -0.39 is 69.6 Å². The van der Waals surface area contributed by atoms with Gasteiger partial charge in [0.2, 0.25) is 22.8 Å². The largest absolute Gasteiger partial charge is 0.213 e. The molecule has 0 saturated heterocycles. The third kappa shape index (κ3) is 11.0. The number of hydrogen-bond acceptors (Lipinski definition) is 0. The van der Waals surface area contributed by atoms with Crippen LogP contribution in [-0.4, -0.2) is 0 Å². The van der Waals surface area contributed by atoms with Gasteiger partial charge < -0.3 is 0 Å². The second-order valence-corrected chi connectivity index (χ2v) is 28.3. The van der Waals surface area contributed by atoms with Gasteiger partial charge in [-0.15, -0.1) is 0 Å². The van der Waals surface area contributed by atoms with Gasteiger partial charge in [0.05, 0.1) is 22.3 Å². The Hall–Kier alpha value is -9.64. The van der Waals surface area contributed by atoms with Crippen LogP contribution >= 0.6 is 0 Å². The first-order chi connectivity index (χ1) is 55.1. The topological polar surface area (TPSA) is 15.5 Å². The van der Waals surface area contributed by atoms with Gasteiger partial charge in [0.1, 0.15) is 28.2 Å². The van der Waals surface area contributed by atoms with E-state index in [1.165, 1.54) is 29.5 Å². The summed E-state index contributed by atoms with van der Waals surface area (Å²) in [5, 5.41) is 0. The van der Waals surface area contributed by atoms with Crippen molar-refractivity contribution in [2.75, 3.05) is 0 Å². The second-order valence-electron chi connectivity index (χ2n) is 28.3. The standard InChI is InChI=1S/2C24H26N.2C23H24N/c1-15-7-10-19-18(13-15)23-20(24(19,4)5)11-9-17(3)22(23)21-12-8-16(2)14-25(21)6;1-15-10-13-20(25(6)14-15)22-17(3)11-12-19-23(22)21-16(2)8-7-9-18(21)24(19,4)5;2*1-15-10-13-20(24(5)14-15)21-16(2)11-12-19-22(21)17-8-6-7-9-18(17)23(19,3)4/h2*7-14H,1-6H3;2*6-14H,1-5H3/q4*+1/i2D3,4D3;1D3,2D3,4D3;2*3D3. The predicted octanol–water partition coefficient (Wildman–Crippen LogP) is 21.0. The molecule has 0 aliphatic heterocycles. The minimum atomic E-state index is -2.45. The molecular formula is C94H100N4+4. The molecule has 0 spiro atoms. The van der Waals surface area contributed by atoms with Crippen LogP contribution in [0.1, 0.15) is 184 Å². The van der Waals surface area contributed by atoms with E-state index in [1.54, 1.807) is 62.0 Å². The predicted molar refractivity (Wildman–Crippen MR) is 410 cm³/mol. The number of fused-ring (bicyclic) bond motifs is 12. The average molecular weight is 1310 g/mol. The number of aryl methyl sites for hydroxylation is 14. The molecule has 4 unspecified atom stereocenters. The zero-order chi connectivity index (χ0) is 87.5. The first-order valence-electron chi connectivity index (χ1n) is 44.0. The van der Waals surface area contributed by atoms with Crippen LogP contribution in [0.5, 0.6) is 0 Å². The van der Waals surface area contributed by atoms with Gasteiger partial charge in [-0.1, -0.05) is 194 Å². The van der Waals surface area contributed by atoms with Gasteiger partial charge in [0, 0.05) is 119 Å². The van der Waals surface area contributed by atoms with E-state index in [2.05, 4.69) is 104 Å². The molecule has 4 heterocycles. The smallest absolute Gasteiger partial charge is 0.201 e. The number of hydrogen-bond donors (Lipinski definition) is 0. The first-order valence-corrected chi connectivity index (χ1v) is 33.5. The van der Waals surface area contributed by atoms with Gasteiger partial charge in [-0.2, -0.15) is 0 Å². The molecule has 0 saturated carbocycles. The molecule has 4 aromatic heterocycles. The molecule has 0 bridgehead atoms. The van der Waals surface area contributed by atoms with Crippen molar-refractivity contribution in [1.29, 1.82) is 0 Å². The van der Waals surface area contributed by atoms with Crippen LogP contribution < -0.4 is 18.3 Å². The summed E-state index contributed by atoms with van der Waals surface area (Å²) in [6.07, 6.45) is 7.39. The summed E-state index contributed by atoms with van der Waals surface area (Å²) in [4.78, 5) is 0. The highest BCUT2D eigenvalue weighted by Crippen LogP contribution is 2.57. The molecule has 0 fully saturated rings. The lowest BCUT2D eigenvalue weighted by Crippen LogP contribution is -2.31. The van der Waals surface area contributed by atoms with E-state index in [9.17, 15) is 0 Å². The van der Waals surface area contributed by atoms with Gasteiger partial charge >= 0.3 is 0 Å². The number of nitrogens with zero attached hydrogens (tertiary/aromatic N) is 4. The lowest BCUT2D eigenvalue weighted by atomic mass is 9.81. The molecule has 4 aliphatic carbocycles. The van der Waals surface area contributed by atoms with E-state index >= 15 is 0 Å². The summed E-state index contributed by atoms with van der Waals surface area (Å²) in [5.41, 5.74) is 24.4. The van der Waals surface area contributed by atoms with Crippen molar-refractivity contribution in [2.45, 2.75) is 146 Å². The molecule has 16 rings (SSSR count). The SMILES string of the molecule is [2H]C([2H])([2H])C1(C)c2ccccc2-c2c1ccc(C)c2-c1ccc(C)c[n+]1C.[2H]C([2H])([2H])C1(C)c2ccccc2-c2c1ccc(C)c2-c1ccc(C)c[n+]1C.[2H]C([2H])([2H])c1ccc(-c2c(C)ccc3c2-c2c(C([2H])([2H])[2H])cccc2C3(C)C([2H])([2H])[2H])[n+](C)c1.[2H]C([2H])([2H])c1ccc(-c2c(C)ccc3c2-c2cc(C)ccc2C3(C)C([2H])([2H])[2H])[n+](C)c1. The molecule has 0 radical (unpaired) electrons. The Bertz CT molecular complexity index is 5940. The van der Waals surface area contributed by atoms with Crippen LogP contribution in [-0.2, 0) is 49.9 Å². The maximum absolute atomic E-state index is 8.41. The highest BCUT2D eigenvalue weighted by atomic mass is 14.9. The molecule has 4 aliphatic rings. The highest BCUT2D eigenvalue weighted by molar-refractivity contribution is 5.97. The quantitative estimate of drug-likeness (QED) is 0.156. The second kappa shape index (κ2) is 24.7. The molecule has 4 atom stereocenters. The van der Waals surface area contributed by atoms with Crippen molar-refractivity contribution in [3.8, 4) is 89.5 Å². The van der Waals surface area contributed by atoms with Crippen molar-refractivity contribution in [1.82, 2.24) is 0 Å².